The second kappa shape index (κ2) is 7.23. The van der Waals surface area contributed by atoms with Crippen LogP contribution in [0.5, 0.6) is 0 Å². The third-order valence-corrected chi connectivity index (χ3v) is 5.17. The van der Waals surface area contributed by atoms with Crippen LogP contribution in [0.3, 0.4) is 0 Å². The van der Waals surface area contributed by atoms with Crippen molar-refractivity contribution in [2.45, 2.75) is 38.1 Å². The van der Waals surface area contributed by atoms with Gasteiger partial charge in [-0.05, 0) is 55.0 Å². The number of aryl methyl sites for hydroxylation is 1. The largest absolute Gasteiger partial charge is 0.368 e. The standard InChI is InChI=1S/C21H22N4O2/c22-20(26)19-13-18(24-25(19)15-9-2-1-3-10-15)21(27)23-17-12-6-8-14-7-4-5-11-16(14)17/h1-3,6,8-10,12,19H,4-5,7,11,13H2,(H2,22,26)(H,23,27). The third kappa shape index (κ3) is 3.43. The van der Waals surface area contributed by atoms with Crippen LogP contribution in [0, 0.1) is 0 Å². The molecule has 1 aliphatic heterocycles. The summed E-state index contributed by atoms with van der Waals surface area (Å²) in [5.74, 6) is -0.777. The molecule has 0 bridgehead atoms. The quantitative estimate of drug-likeness (QED) is 0.876. The maximum Gasteiger partial charge on any atom is 0.271 e. The molecule has 0 saturated carbocycles. The molecular weight excluding hydrogens is 340 g/mol. The number of amides is 2. The fourth-order valence-corrected chi connectivity index (χ4v) is 3.78. The Hall–Kier alpha value is -3.15. The summed E-state index contributed by atoms with van der Waals surface area (Å²) in [5.41, 5.74) is 9.95. The summed E-state index contributed by atoms with van der Waals surface area (Å²) in [6.45, 7) is 0. The van der Waals surface area contributed by atoms with E-state index in [1.807, 2.05) is 42.5 Å². The van der Waals surface area contributed by atoms with Crippen molar-refractivity contribution in [3.63, 3.8) is 0 Å². The number of hydrogen-bond acceptors (Lipinski definition) is 4. The Kier molecular flexibility index (Phi) is 4.62. The summed E-state index contributed by atoms with van der Waals surface area (Å²) in [7, 11) is 0. The van der Waals surface area contributed by atoms with Crippen molar-refractivity contribution in [1.82, 2.24) is 0 Å². The lowest BCUT2D eigenvalue weighted by molar-refractivity contribution is -0.119. The fourth-order valence-electron chi connectivity index (χ4n) is 3.78. The first-order chi connectivity index (χ1) is 13.1. The maximum atomic E-state index is 12.8. The molecule has 27 heavy (non-hydrogen) atoms. The van der Waals surface area contributed by atoms with Gasteiger partial charge in [-0.15, -0.1) is 0 Å². The Labute approximate surface area is 158 Å². The summed E-state index contributed by atoms with van der Waals surface area (Å²) in [4.78, 5) is 24.7. The van der Waals surface area contributed by atoms with Gasteiger partial charge in [0, 0.05) is 12.1 Å². The van der Waals surface area contributed by atoms with E-state index < -0.39 is 11.9 Å². The molecule has 2 aromatic rings. The normalized spacial score (nSPS) is 18.6. The van der Waals surface area contributed by atoms with Gasteiger partial charge in [-0.1, -0.05) is 30.3 Å². The minimum absolute atomic E-state index is 0.199. The van der Waals surface area contributed by atoms with Crippen molar-refractivity contribution in [1.29, 1.82) is 0 Å². The Morgan fingerprint density at radius 2 is 1.81 bits per heavy atom. The molecule has 0 spiro atoms. The molecule has 3 N–H and O–H groups in total. The lowest BCUT2D eigenvalue weighted by atomic mass is 9.90. The SMILES string of the molecule is NC(=O)C1CC(C(=O)Nc2cccc3c2CCCC3)=NN1c1ccccc1. The predicted octanol–water partition coefficient (Wildman–Crippen LogP) is 2.62. The number of nitrogens with one attached hydrogen (secondary N) is 1. The van der Waals surface area contributed by atoms with Gasteiger partial charge in [-0.2, -0.15) is 5.10 Å². The molecule has 2 aromatic carbocycles. The number of rotatable bonds is 4. The molecule has 6 heteroatoms. The van der Waals surface area contributed by atoms with E-state index in [4.69, 9.17) is 5.73 Å². The van der Waals surface area contributed by atoms with Gasteiger partial charge in [-0.25, -0.2) is 0 Å². The van der Waals surface area contributed by atoms with E-state index in [1.165, 1.54) is 22.6 Å². The van der Waals surface area contributed by atoms with Crippen LogP contribution < -0.4 is 16.1 Å². The van der Waals surface area contributed by atoms with Gasteiger partial charge in [0.1, 0.15) is 11.8 Å². The van der Waals surface area contributed by atoms with Crippen LogP contribution in [-0.2, 0) is 22.4 Å². The first-order valence-corrected chi connectivity index (χ1v) is 9.26. The summed E-state index contributed by atoms with van der Waals surface area (Å²) < 4.78 is 0. The van der Waals surface area contributed by atoms with Gasteiger partial charge in [0.25, 0.3) is 5.91 Å². The van der Waals surface area contributed by atoms with Crippen molar-refractivity contribution in [3.8, 4) is 0 Å². The van der Waals surface area contributed by atoms with E-state index >= 15 is 0 Å². The van der Waals surface area contributed by atoms with E-state index in [9.17, 15) is 9.59 Å². The number of benzene rings is 2. The number of fused-ring (bicyclic) bond motifs is 1. The van der Waals surface area contributed by atoms with E-state index in [0.29, 0.717) is 5.71 Å². The van der Waals surface area contributed by atoms with E-state index in [1.54, 1.807) is 0 Å². The fraction of sp³-hybridized carbons (Fsp3) is 0.286. The Morgan fingerprint density at radius 3 is 2.59 bits per heavy atom. The number of carbonyl (C=O) groups excluding carboxylic acids is 2. The molecule has 138 valence electrons. The molecule has 2 aliphatic rings. The molecule has 0 aromatic heterocycles. The van der Waals surface area contributed by atoms with Crippen molar-refractivity contribution in [2.75, 3.05) is 10.3 Å². The molecular formula is C21H22N4O2. The van der Waals surface area contributed by atoms with Gasteiger partial charge in [0.05, 0.1) is 5.69 Å². The van der Waals surface area contributed by atoms with E-state index in [-0.39, 0.29) is 12.3 Å². The van der Waals surface area contributed by atoms with Gasteiger partial charge in [-0.3, -0.25) is 14.6 Å². The molecule has 0 fully saturated rings. The number of anilines is 2. The van der Waals surface area contributed by atoms with Crippen molar-refractivity contribution in [3.05, 3.63) is 59.7 Å². The monoisotopic (exact) mass is 362 g/mol. The van der Waals surface area contributed by atoms with Crippen LogP contribution in [-0.4, -0.2) is 23.6 Å². The Bertz CT molecular complexity index is 908. The molecule has 1 atom stereocenters. The van der Waals surface area contributed by atoms with Crippen LogP contribution in [0.4, 0.5) is 11.4 Å². The zero-order chi connectivity index (χ0) is 18.8. The van der Waals surface area contributed by atoms with Gasteiger partial charge in [0.15, 0.2) is 0 Å². The predicted molar refractivity (Wildman–Crippen MR) is 106 cm³/mol. The molecule has 6 nitrogen and oxygen atoms in total. The molecule has 2 amide bonds. The first-order valence-electron chi connectivity index (χ1n) is 9.26. The van der Waals surface area contributed by atoms with Crippen molar-refractivity contribution < 1.29 is 9.59 Å². The number of carbonyl (C=O) groups is 2. The maximum absolute atomic E-state index is 12.8. The highest BCUT2D eigenvalue weighted by Gasteiger charge is 2.35. The second-order valence-electron chi connectivity index (χ2n) is 6.95. The number of hydrazone groups is 1. The summed E-state index contributed by atoms with van der Waals surface area (Å²) >= 11 is 0. The highest BCUT2D eigenvalue weighted by atomic mass is 16.2. The molecule has 0 radical (unpaired) electrons. The number of primary amides is 1. The lowest BCUT2D eigenvalue weighted by Gasteiger charge is -2.20. The smallest absolute Gasteiger partial charge is 0.271 e. The minimum Gasteiger partial charge on any atom is -0.368 e. The number of nitrogens with two attached hydrogens (primary N) is 1. The van der Waals surface area contributed by atoms with Crippen molar-refractivity contribution >= 4 is 28.9 Å². The molecule has 0 saturated heterocycles. The molecule has 4 rings (SSSR count). The number of hydrogen-bond donors (Lipinski definition) is 2. The average Bonchev–Trinajstić information content (AvgIpc) is 3.15. The number of nitrogens with zero attached hydrogens (tertiary/aromatic N) is 2. The summed E-state index contributed by atoms with van der Waals surface area (Å²) in [6, 6.07) is 14.6. The molecule has 1 unspecified atom stereocenters. The Morgan fingerprint density at radius 1 is 1.04 bits per heavy atom. The van der Waals surface area contributed by atoms with Crippen LogP contribution in [0.2, 0.25) is 0 Å². The van der Waals surface area contributed by atoms with Gasteiger partial charge >= 0.3 is 0 Å². The Balaban J connectivity index is 1.58. The van der Waals surface area contributed by atoms with Crippen LogP contribution in [0.25, 0.3) is 0 Å². The lowest BCUT2D eigenvalue weighted by Crippen LogP contribution is -2.39. The topological polar surface area (TPSA) is 87.8 Å². The minimum atomic E-state index is -0.655. The molecule has 1 heterocycles. The third-order valence-electron chi connectivity index (χ3n) is 5.17. The van der Waals surface area contributed by atoms with Crippen LogP contribution in [0.1, 0.15) is 30.4 Å². The zero-order valence-corrected chi connectivity index (χ0v) is 15.0. The first kappa shape index (κ1) is 17.3. The van der Waals surface area contributed by atoms with Crippen LogP contribution in [0.15, 0.2) is 53.6 Å². The summed E-state index contributed by atoms with van der Waals surface area (Å²) in [6.07, 6.45) is 4.53. The number of para-hydroxylation sites is 1. The van der Waals surface area contributed by atoms with E-state index in [2.05, 4.69) is 16.5 Å². The van der Waals surface area contributed by atoms with Crippen LogP contribution >= 0.6 is 0 Å². The average molecular weight is 362 g/mol. The van der Waals surface area contributed by atoms with E-state index in [0.717, 1.165) is 30.6 Å². The highest BCUT2D eigenvalue weighted by Crippen LogP contribution is 2.29. The van der Waals surface area contributed by atoms with Crippen molar-refractivity contribution in [2.24, 2.45) is 10.8 Å². The second-order valence-corrected chi connectivity index (χ2v) is 6.95. The van der Waals surface area contributed by atoms with Gasteiger partial charge < -0.3 is 11.1 Å². The molecule has 1 aliphatic carbocycles. The van der Waals surface area contributed by atoms with Gasteiger partial charge in [0.2, 0.25) is 5.91 Å². The zero-order valence-electron chi connectivity index (χ0n) is 15.0. The summed E-state index contributed by atoms with van der Waals surface area (Å²) in [5, 5.41) is 8.94. The highest BCUT2D eigenvalue weighted by molar-refractivity contribution is 6.44.